The van der Waals surface area contributed by atoms with Gasteiger partial charge in [-0.05, 0) is 44.0 Å². The molecule has 1 amide bonds. The summed E-state index contributed by atoms with van der Waals surface area (Å²) in [4.78, 5) is 21.3. The van der Waals surface area contributed by atoms with Crippen molar-refractivity contribution in [1.82, 2.24) is 30.0 Å². The number of hydrogen-bond acceptors (Lipinski definition) is 8. The molecule has 2 aromatic carbocycles. The number of benzene rings is 2. The number of methoxy groups -OCH3 is 1. The van der Waals surface area contributed by atoms with Crippen LogP contribution in [0.1, 0.15) is 42.0 Å². The van der Waals surface area contributed by atoms with Crippen molar-refractivity contribution >= 4 is 17.5 Å². The van der Waals surface area contributed by atoms with Crippen LogP contribution in [0.5, 0.6) is 11.5 Å². The molecule has 0 radical (unpaired) electrons. The lowest BCUT2D eigenvalue weighted by Crippen LogP contribution is -2.32. The van der Waals surface area contributed by atoms with Crippen LogP contribution < -0.4 is 9.47 Å². The Balaban J connectivity index is 1.49. The van der Waals surface area contributed by atoms with E-state index in [1.165, 1.54) is 30.4 Å². The molecular formula is C24H22ClFN6O4. The average Bonchev–Trinajstić information content (AvgIpc) is 3.66. The average molecular weight is 513 g/mol. The van der Waals surface area contributed by atoms with Crippen LogP contribution in [0.3, 0.4) is 0 Å². The van der Waals surface area contributed by atoms with Crippen molar-refractivity contribution < 1.29 is 23.2 Å². The molecule has 0 spiro atoms. The molecule has 3 heterocycles. The summed E-state index contributed by atoms with van der Waals surface area (Å²) in [7, 11) is 1.48. The Morgan fingerprint density at radius 1 is 1.28 bits per heavy atom. The molecule has 1 saturated heterocycles. The van der Waals surface area contributed by atoms with E-state index in [1.807, 2.05) is 0 Å². The minimum Gasteiger partial charge on any atom is -0.495 e. The molecular weight excluding hydrogens is 491 g/mol. The highest BCUT2D eigenvalue weighted by atomic mass is 35.5. The summed E-state index contributed by atoms with van der Waals surface area (Å²) in [5.74, 6) is 0.0152. The molecule has 1 fully saturated rings. The second-order valence-corrected chi connectivity index (χ2v) is 8.39. The van der Waals surface area contributed by atoms with Gasteiger partial charge in [-0.25, -0.2) is 4.39 Å². The number of ether oxygens (including phenoxy) is 2. The van der Waals surface area contributed by atoms with Crippen molar-refractivity contribution in [3.63, 3.8) is 0 Å². The van der Waals surface area contributed by atoms with Crippen LogP contribution in [0, 0.1) is 5.82 Å². The van der Waals surface area contributed by atoms with Gasteiger partial charge in [0.15, 0.2) is 17.4 Å². The van der Waals surface area contributed by atoms with Crippen LogP contribution in [0.4, 0.5) is 4.39 Å². The monoisotopic (exact) mass is 512 g/mol. The van der Waals surface area contributed by atoms with E-state index < -0.39 is 11.9 Å². The summed E-state index contributed by atoms with van der Waals surface area (Å²) in [6, 6.07) is 7.20. The SMILES string of the molecule is CCOc1c(F)cccc1-c1nc(C2CCCN2C(=O)c2cc(OC)c(Cl)cc2-n2nccn2)no1. The molecule has 12 heteroatoms. The number of carbonyl (C=O) groups is 1. The Morgan fingerprint density at radius 3 is 2.83 bits per heavy atom. The number of para-hydroxylation sites is 1. The fraction of sp³-hybridized carbons (Fsp3) is 0.292. The summed E-state index contributed by atoms with van der Waals surface area (Å²) in [6.07, 6.45) is 4.39. The standard InChI is InChI=1S/C24H22ClFN6O4/c1-3-35-21-14(6-4-7-17(21)26)23-29-22(30-36-23)18-8-5-11-31(18)24(33)15-12-20(34-2)16(25)13-19(15)32-27-9-10-28-32/h4,6-7,9-10,12-13,18H,3,5,8,11H2,1-2H3. The van der Waals surface area contributed by atoms with Crippen molar-refractivity contribution in [2.24, 2.45) is 0 Å². The van der Waals surface area contributed by atoms with Crippen LogP contribution in [-0.2, 0) is 0 Å². The van der Waals surface area contributed by atoms with Crippen LogP contribution >= 0.6 is 11.6 Å². The third-order valence-electron chi connectivity index (χ3n) is 5.87. The van der Waals surface area contributed by atoms with E-state index in [2.05, 4.69) is 20.3 Å². The number of halogens is 2. The van der Waals surface area contributed by atoms with E-state index in [-0.39, 0.29) is 24.2 Å². The molecule has 0 aliphatic carbocycles. The summed E-state index contributed by atoms with van der Waals surface area (Å²) in [6.45, 7) is 2.52. The quantitative estimate of drug-likeness (QED) is 0.356. The number of rotatable bonds is 7. The maximum Gasteiger partial charge on any atom is 0.261 e. The van der Waals surface area contributed by atoms with Crippen molar-refractivity contribution in [2.45, 2.75) is 25.8 Å². The van der Waals surface area contributed by atoms with Crippen molar-refractivity contribution in [3.05, 3.63) is 65.0 Å². The zero-order valence-electron chi connectivity index (χ0n) is 19.5. The summed E-state index contributed by atoms with van der Waals surface area (Å²) < 4.78 is 30.6. The van der Waals surface area contributed by atoms with E-state index in [0.29, 0.717) is 46.4 Å². The lowest BCUT2D eigenvalue weighted by atomic mass is 10.1. The van der Waals surface area contributed by atoms with Crippen molar-refractivity contribution in [1.29, 1.82) is 0 Å². The smallest absolute Gasteiger partial charge is 0.261 e. The van der Waals surface area contributed by atoms with Crippen molar-refractivity contribution in [2.75, 3.05) is 20.3 Å². The van der Waals surface area contributed by atoms with Gasteiger partial charge in [0.05, 0.1) is 48.3 Å². The molecule has 1 unspecified atom stereocenters. The first-order valence-electron chi connectivity index (χ1n) is 11.3. The highest BCUT2D eigenvalue weighted by molar-refractivity contribution is 6.32. The van der Waals surface area contributed by atoms with Gasteiger partial charge in [-0.3, -0.25) is 4.79 Å². The number of likely N-dealkylation sites (tertiary alicyclic amines) is 1. The number of hydrogen-bond donors (Lipinski definition) is 0. The molecule has 1 atom stereocenters. The Morgan fingerprint density at radius 2 is 2.08 bits per heavy atom. The van der Waals surface area contributed by atoms with E-state index in [0.717, 1.165) is 6.42 Å². The predicted molar refractivity (Wildman–Crippen MR) is 127 cm³/mol. The lowest BCUT2D eigenvalue weighted by molar-refractivity contribution is 0.0727. The number of nitrogens with zero attached hydrogens (tertiary/aromatic N) is 6. The Kier molecular flexibility index (Phi) is 6.55. The van der Waals surface area contributed by atoms with E-state index >= 15 is 0 Å². The zero-order valence-corrected chi connectivity index (χ0v) is 20.3. The van der Waals surface area contributed by atoms with E-state index in [1.54, 1.807) is 36.1 Å². The van der Waals surface area contributed by atoms with Gasteiger partial charge in [-0.2, -0.15) is 20.0 Å². The highest BCUT2D eigenvalue weighted by Gasteiger charge is 2.36. The maximum absolute atomic E-state index is 14.3. The summed E-state index contributed by atoms with van der Waals surface area (Å²) in [5, 5.41) is 12.7. The maximum atomic E-state index is 14.3. The number of carbonyl (C=O) groups excluding carboxylic acids is 1. The fourth-order valence-electron chi connectivity index (χ4n) is 4.26. The van der Waals surface area contributed by atoms with Gasteiger partial charge in [-0.15, -0.1) is 0 Å². The second kappa shape index (κ2) is 9.94. The molecule has 1 aliphatic rings. The highest BCUT2D eigenvalue weighted by Crippen LogP contribution is 2.37. The van der Waals surface area contributed by atoms with Crippen molar-refractivity contribution in [3.8, 4) is 28.6 Å². The van der Waals surface area contributed by atoms with E-state index in [4.69, 9.17) is 25.6 Å². The Labute approximate surface area is 210 Å². The van der Waals surface area contributed by atoms with E-state index in [9.17, 15) is 9.18 Å². The van der Waals surface area contributed by atoms with Crippen LogP contribution in [0.15, 0.2) is 47.2 Å². The molecule has 5 rings (SSSR count). The lowest BCUT2D eigenvalue weighted by Gasteiger charge is -2.23. The predicted octanol–water partition coefficient (Wildman–Crippen LogP) is 4.49. The van der Waals surface area contributed by atoms with Gasteiger partial charge in [0, 0.05) is 6.54 Å². The summed E-state index contributed by atoms with van der Waals surface area (Å²) >= 11 is 6.33. The van der Waals surface area contributed by atoms with Crippen LogP contribution in [0.25, 0.3) is 17.1 Å². The Bertz CT molecular complexity index is 1390. The third kappa shape index (κ3) is 4.26. The number of amides is 1. The van der Waals surface area contributed by atoms with Gasteiger partial charge in [0.25, 0.3) is 11.8 Å². The van der Waals surface area contributed by atoms with Crippen LogP contribution in [-0.4, -0.2) is 56.2 Å². The molecule has 0 saturated carbocycles. The first-order valence-corrected chi connectivity index (χ1v) is 11.7. The van der Waals surface area contributed by atoms with Gasteiger partial charge in [-0.1, -0.05) is 22.8 Å². The second-order valence-electron chi connectivity index (χ2n) is 7.99. The first kappa shape index (κ1) is 23.7. The molecule has 0 N–H and O–H groups in total. The molecule has 1 aliphatic heterocycles. The topological polar surface area (TPSA) is 108 Å². The van der Waals surface area contributed by atoms with Gasteiger partial charge in [0.1, 0.15) is 11.4 Å². The first-order chi connectivity index (χ1) is 17.5. The molecule has 2 aromatic heterocycles. The molecule has 0 bridgehead atoms. The van der Waals surface area contributed by atoms with Gasteiger partial charge < -0.3 is 18.9 Å². The largest absolute Gasteiger partial charge is 0.495 e. The molecule has 186 valence electrons. The Hall–Kier alpha value is -3.99. The fourth-order valence-corrected chi connectivity index (χ4v) is 4.49. The third-order valence-corrected chi connectivity index (χ3v) is 6.17. The normalized spacial score (nSPS) is 15.3. The minimum absolute atomic E-state index is 0.0409. The molecule has 4 aromatic rings. The number of aromatic nitrogens is 5. The van der Waals surface area contributed by atoms with Gasteiger partial charge in [0.2, 0.25) is 0 Å². The minimum atomic E-state index is -0.525. The van der Waals surface area contributed by atoms with Gasteiger partial charge >= 0.3 is 0 Å². The zero-order chi connectivity index (χ0) is 25.2. The molecule has 10 nitrogen and oxygen atoms in total. The molecule has 36 heavy (non-hydrogen) atoms. The summed E-state index contributed by atoms with van der Waals surface area (Å²) in [5.41, 5.74) is 1.07. The van der Waals surface area contributed by atoms with Crippen LogP contribution in [0.2, 0.25) is 5.02 Å².